The molecule has 0 saturated carbocycles. The minimum Gasteiger partial charge on any atom is -0.311 e. The van der Waals surface area contributed by atoms with Gasteiger partial charge in [0, 0.05) is 36.7 Å². The Morgan fingerprint density at radius 1 is 1.23 bits per heavy atom. The number of carbonyl (C=O) groups is 1. The number of aromatic nitrogens is 2. The van der Waals surface area contributed by atoms with Gasteiger partial charge in [-0.2, -0.15) is 0 Å². The number of carbonyl (C=O) groups excluding carboxylic acids is 1. The van der Waals surface area contributed by atoms with Crippen molar-refractivity contribution in [2.45, 2.75) is 18.6 Å². The number of benzene rings is 1. The number of nitrogens with two attached hydrogens (primary N) is 1. The Hall–Kier alpha value is -2.19. The first-order chi connectivity index (χ1) is 10.4. The molecule has 0 spiro atoms. The molecule has 1 unspecified atom stereocenters. The van der Waals surface area contributed by atoms with Crippen molar-refractivity contribution in [2.75, 3.05) is 11.4 Å². The van der Waals surface area contributed by atoms with Gasteiger partial charge in [-0.3, -0.25) is 4.79 Å². The molecule has 1 aromatic heterocycles. The summed E-state index contributed by atoms with van der Waals surface area (Å²) in [4.78, 5) is 17.6. The minimum atomic E-state index is -3.70. The van der Waals surface area contributed by atoms with E-state index in [1.54, 1.807) is 18.3 Å². The maximum Gasteiger partial charge on any atom is 0.228 e. The van der Waals surface area contributed by atoms with Crippen molar-refractivity contribution in [3.8, 4) is 5.69 Å². The second kappa shape index (κ2) is 5.22. The number of imidazole rings is 1. The van der Waals surface area contributed by atoms with Crippen LogP contribution in [-0.2, 0) is 14.8 Å². The lowest BCUT2D eigenvalue weighted by Crippen LogP contribution is -2.32. The minimum absolute atomic E-state index is 0.0682. The molecule has 2 aromatic rings. The summed E-state index contributed by atoms with van der Waals surface area (Å²) < 4.78 is 24.7. The lowest BCUT2D eigenvalue weighted by molar-refractivity contribution is -0.117. The first kappa shape index (κ1) is 14.7. The summed E-state index contributed by atoms with van der Waals surface area (Å²) in [5.74, 6) is 0.630. The summed E-state index contributed by atoms with van der Waals surface area (Å²) in [6.07, 6.45) is 3.49. The molecule has 1 aromatic carbocycles. The van der Waals surface area contributed by atoms with E-state index in [-0.39, 0.29) is 18.9 Å². The Bertz CT molecular complexity index is 811. The molecular formula is C14H16N4O3S. The van der Waals surface area contributed by atoms with Gasteiger partial charge in [0.25, 0.3) is 0 Å². The molecule has 1 atom stereocenters. The van der Waals surface area contributed by atoms with Gasteiger partial charge < -0.3 is 9.47 Å². The number of hydrogen-bond donors (Lipinski definition) is 1. The molecule has 0 bridgehead atoms. The summed E-state index contributed by atoms with van der Waals surface area (Å²) in [6, 6.07) is 7.31. The molecule has 116 valence electrons. The lowest BCUT2D eigenvalue weighted by atomic mass is 10.2. The molecular weight excluding hydrogens is 304 g/mol. The Labute approximate surface area is 128 Å². The predicted octanol–water partition coefficient (Wildman–Crippen LogP) is 0.575. The van der Waals surface area contributed by atoms with Crippen LogP contribution in [0.2, 0.25) is 0 Å². The number of aryl methyl sites for hydroxylation is 1. The first-order valence-electron chi connectivity index (χ1n) is 6.78. The van der Waals surface area contributed by atoms with E-state index in [0.29, 0.717) is 5.69 Å². The van der Waals surface area contributed by atoms with Crippen LogP contribution >= 0.6 is 0 Å². The van der Waals surface area contributed by atoms with Gasteiger partial charge in [0.15, 0.2) is 0 Å². The molecule has 1 fully saturated rings. The van der Waals surface area contributed by atoms with Crippen molar-refractivity contribution >= 4 is 21.6 Å². The molecule has 2 N–H and O–H groups in total. The third-order valence-corrected chi connectivity index (χ3v) is 5.06. The number of anilines is 1. The Morgan fingerprint density at radius 2 is 1.86 bits per heavy atom. The molecule has 0 aliphatic carbocycles. The van der Waals surface area contributed by atoms with Gasteiger partial charge in [0.2, 0.25) is 15.9 Å². The Balaban J connectivity index is 1.85. The third-order valence-electron chi connectivity index (χ3n) is 3.82. The standard InChI is InChI=1S/C14H16N4O3S/c1-10-16-6-7-17(10)11-2-4-12(5-3-11)18-9-13(8-14(18)19)22(15,20)21/h2-7,13H,8-9H2,1H3,(H2,15,20,21). The van der Waals surface area contributed by atoms with Crippen LogP contribution in [0.15, 0.2) is 36.7 Å². The van der Waals surface area contributed by atoms with Crippen LogP contribution in [-0.4, -0.2) is 35.7 Å². The van der Waals surface area contributed by atoms with Gasteiger partial charge in [-0.15, -0.1) is 0 Å². The van der Waals surface area contributed by atoms with E-state index in [1.165, 1.54) is 4.90 Å². The molecule has 3 rings (SSSR count). The second-order valence-electron chi connectivity index (χ2n) is 5.28. The van der Waals surface area contributed by atoms with E-state index in [9.17, 15) is 13.2 Å². The summed E-state index contributed by atoms with van der Waals surface area (Å²) >= 11 is 0. The zero-order chi connectivity index (χ0) is 15.9. The van der Waals surface area contributed by atoms with Crippen molar-refractivity contribution in [1.82, 2.24) is 9.55 Å². The molecule has 1 saturated heterocycles. The van der Waals surface area contributed by atoms with Crippen molar-refractivity contribution in [3.05, 3.63) is 42.5 Å². The fraction of sp³-hybridized carbons (Fsp3) is 0.286. The molecule has 8 heteroatoms. The molecule has 1 amide bonds. The van der Waals surface area contributed by atoms with Crippen LogP contribution < -0.4 is 10.0 Å². The average Bonchev–Trinajstić information content (AvgIpc) is 3.05. The van der Waals surface area contributed by atoms with Gasteiger partial charge in [-0.05, 0) is 31.2 Å². The number of amides is 1. The van der Waals surface area contributed by atoms with Crippen LogP contribution in [0.5, 0.6) is 0 Å². The van der Waals surface area contributed by atoms with E-state index in [4.69, 9.17) is 5.14 Å². The van der Waals surface area contributed by atoms with Crippen LogP contribution in [0, 0.1) is 6.92 Å². The fourth-order valence-electron chi connectivity index (χ4n) is 2.59. The topological polar surface area (TPSA) is 98.3 Å². The van der Waals surface area contributed by atoms with Crippen molar-refractivity contribution in [1.29, 1.82) is 0 Å². The Kier molecular flexibility index (Phi) is 3.50. The van der Waals surface area contributed by atoms with Gasteiger partial charge >= 0.3 is 0 Å². The predicted molar refractivity (Wildman–Crippen MR) is 82.2 cm³/mol. The quantitative estimate of drug-likeness (QED) is 0.894. The SMILES string of the molecule is Cc1nccn1-c1ccc(N2CC(S(N)(=O)=O)CC2=O)cc1. The van der Waals surface area contributed by atoms with Gasteiger partial charge in [0.1, 0.15) is 11.1 Å². The van der Waals surface area contributed by atoms with E-state index in [0.717, 1.165) is 11.5 Å². The molecule has 22 heavy (non-hydrogen) atoms. The van der Waals surface area contributed by atoms with E-state index in [1.807, 2.05) is 29.8 Å². The smallest absolute Gasteiger partial charge is 0.228 e. The largest absolute Gasteiger partial charge is 0.311 e. The average molecular weight is 320 g/mol. The number of primary sulfonamides is 1. The highest BCUT2D eigenvalue weighted by Gasteiger charge is 2.37. The number of hydrogen-bond acceptors (Lipinski definition) is 4. The summed E-state index contributed by atoms with van der Waals surface area (Å²) in [5, 5.41) is 4.29. The van der Waals surface area contributed by atoms with E-state index in [2.05, 4.69) is 4.98 Å². The maximum atomic E-state index is 12.0. The molecule has 1 aliphatic heterocycles. The van der Waals surface area contributed by atoms with Crippen LogP contribution in [0.3, 0.4) is 0 Å². The summed E-state index contributed by atoms with van der Waals surface area (Å²) in [6.45, 7) is 2.00. The lowest BCUT2D eigenvalue weighted by Gasteiger charge is -2.17. The molecule has 7 nitrogen and oxygen atoms in total. The summed E-state index contributed by atoms with van der Waals surface area (Å²) in [7, 11) is -3.70. The number of nitrogens with zero attached hydrogens (tertiary/aromatic N) is 3. The van der Waals surface area contributed by atoms with Gasteiger partial charge in [-0.1, -0.05) is 0 Å². The van der Waals surface area contributed by atoms with Crippen molar-refractivity contribution in [3.63, 3.8) is 0 Å². The molecule has 0 radical (unpaired) electrons. The van der Waals surface area contributed by atoms with Crippen LogP contribution in [0.25, 0.3) is 5.69 Å². The zero-order valence-corrected chi connectivity index (χ0v) is 12.8. The summed E-state index contributed by atoms with van der Waals surface area (Å²) in [5.41, 5.74) is 1.59. The Morgan fingerprint density at radius 3 is 2.36 bits per heavy atom. The van der Waals surface area contributed by atoms with E-state index >= 15 is 0 Å². The van der Waals surface area contributed by atoms with E-state index < -0.39 is 15.3 Å². The third kappa shape index (κ3) is 2.62. The molecule has 1 aliphatic rings. The molecule has 2 heterocycles. The van der Waals surface area contributed by atoms with Gasteiger partial charge in [0.05, 0.1) is 0 Å². The number of sulfonamides is 1. The number of rotatable bonds is 3. The normalized spacial score (nSPS) is 18.9. The maximum absolute atomic E-state index is 12.0. The monoisotopic (exact) mass is 320 g/mol. The van der Waals surface area contributed by atoms with Crippen LogP contribution in [0.1, 0.15) is 12.2 Å². The fourth-order valence-corrected chi connectivity index (χ4v) is 3.32. The van der Waals surface area contributed by atoms with Crippen molar-refractivity contribution < 1.29 is 13.2 Å². The highest BCUT2D eigenvalue weighted by molar-refractivity contribution is 7.89. The zero-order valence-electron chi connectivity index (χ0n) is 12.0. The second-order valence-corrected chi connectivity index (χ2v) is 7.13. The highest BCUT2D eigenvalue weighted by atomic mass is 32.2. The van der Waals surface area contributed by atoms with Gasteiger partial charge in [-0.25, -0.2) is 18.5 Å². The first-order valence-corrected chi connectivity index (χ1v) is 8.39. The van der Waals surface area contributed by atoms with Crippen LogP contribution in [0.4, 0.5) is 5.69 Å². The highest BCUT2D eigenvalue weighted by Crippen LogP contribution is 2.25. The van der Waals surface area contributed by atoms with Crippen molar-refractivity contribution in [2.24, 2.45) is 5.14 Å².